The molecule has 1 aromatic carbocycles. The van der Waals surface area contributed by atoms with Crippen LogP contribution in [0.25, 0.3) is 0 Å². The van der Waals surface area contributed by atoms with Crippen molar-refractivity contribution >= 4 is 23.5 Å². The fourth-order valence-electron chi connectivity index (χ4n) is 5.83. The quantitative estimate of drug-likeness (QED) is 0.651. The molecule has 2 aromatic rings. The minimum Gasteiger partial charge on any atom is -0.489 e. The summed E-state index contributed by atoms with van der Waals surface area (Å²) >= 11 is 6.19. The van der Waals surface area contributed by atoms with Crippen LogP contribution in [0.5, 0.6) is 5.75 Å². The van der Waals surface area contributed by atoms with Gasteiger partial charge in [0, 0.05) is 49.1 Å². The van der Waals surface area contributed by atoms with Crippen LogP contribution >= 0.6 is 11.6 Å². The number of anilines is 1. The Morgan fingerprint density at radius 1 is 1.17 bits per heavy atom. The molecule has 2 heterocycles. The highest BCUT2D eigenvalue weighted by molar-refractivity contribution is 6.31. The SMILES string of the molecule is Cc1nc(N2CCNCC2)nc(C)c1C(=O)N[C@H]1C(C)(C)[C@H](Oc2ccc(C#N)c(Cl)c2)C1(C)C. The van der Waals surface area contributed by atoms with Crippen LogP contribution in [0.3, 0.4) is 0 Å². The average Bonchev–Trinajstić information content (AvgIpc) is 2.81. The van der Waals surface area contributed by atoms with Crippen molar-refractivity contribution in [2.75, 3.05) is 31.1 Å². The van der Waals surface area contributed by atoms with E-state index in [0.29, 0.717) is 39.2 Å². The van der Waals surface area contributed by atoms with E-state index in [4.69, 9.17) is 21.6 Å². The van der Waals surface area contributed by atoms with Gasteiger partial charge >= 0.3 is 0 Å². The molecule has 1 aliphatic carbocycles. The molecular formula is C26H33ClN6O2. The largest absolute Gasteiger partial charge is 0.489 e. The molecular weight excluding hydrogens is 464 g/mol. The second-order valence-corrected chi connectivity index (χ2v) is 11.0. The van der Waals surface area contributed by atoms with Gasteiger partial charge in [-0.25, -0.2) is 9.97 Å². The van der Waals surface area contributed by atoms with Crippen molar-refractivity contribution in [3.63, 3.8) is 0 Å². The second kappa shape index (κ2) is 9.29. The maximum atomic E-state index is 13.4. The number of rotatable bonds is 5. The van der Waals surface area contributed by atoms with Crippen molar-refractivity contribution in [2.24, 2.45) is 10.8 Å². The Morgan fingerprint density at radius 3 is 2.31 bits per heavy atom. The Labute approximate surface area is 212 Å². The zero-order chi connectivity index (χ0) is 25.5. The lowest BCUT2D eigenvalue weighted by atomic mass is 9.49. The molecule has 0 atom stereocenters. The minimum atomic E-state index is -0.344. The van der Waals surface area contributed by atoms with Crippen LogP contribution in [0, 0.1) is 36.0 Å². The molecule has 9 heteroatoms. The maximum Gasteiger partial charge on any atom is 0.255 e. The standard InChI is InChI=1S/C26H33ClN6O2/c1-15-20(16(2)31-24(30-15)33-11-9-29-10-12-33)21(34)32-22-25(3,4)23(26(22,5)6)35-18-8-7-17(14-28)19(27)13-18/h7-8,13,22-23,29H,9-12H2,1-6H3,(H,32,34)/t22-,23-. The summed E-state index contributed by atoms with van der Waals surface area (Å²) in [5.41, 5.74) is 1.61. The van der Waals surface area contributed by atoms with Gasteiger partial charge in [-0.3, -0.25) is 4.79 Å². The van der Waals surface area contributed by atoms with E-state index in [2.05, 4.69) is 59.3 Å². The molecule has 1 aliphatic heterocycles. The summed E-state index contributed by atoms with van der Waals surface area (Å²) in [5.74, 6) is 1.11. The Hall–Kier alpha value is -2.89. The third-order valence-corrected chi connectivity index (χ3v) is 7.63. The molecule has 1 saturated heterocycles. The van der Waals surface area contributed by atoms with Crippen LogP contribution in [0.1, 0.15) is 55.0 Å². The van der Waals surface area contributed by atoms with E-state index in [-0.39, 0.29) is 28.9 Å². The van der Waals surface area contributed by atoms with Crippen LogP contribution in [0.15, 0.2) is 18.2 Å². The molecule has 2 N–H and O–H groups in total. The summed E-state index contributed by atoms with van der Waals surface area (Å²) in [4.78, 5) is 24.9. The number of piperazine rings is 1. The topological polar surface area (TPSA) is 103 Å². The Bertz CT molecular complexity index is 1140. The molecule has 1 aromatic heterocycles. The van der Waals surface area contributed by atoms with E-state index in [9.17, 15) is 4.79 Å². The van der Waals surface area contributed by atoms with Gasteiger partial charge in [-0.05, 0) is 26.0 Å². The molecule has 4 rings (SSSR count). The molecule has 2 aliphatic rings. The summed E-state index contributed by atoms with van der Waals surface area (Å²) in [6.07, 6.45) is -0.169. The highest BCUT2D eigenvalue weighted by Gasteiger charge is 2.64. The smallest absolute Gasteiger partial charge is 0.255 e. The van der Waals surface area contributed by atoms with Gasteiger partial charge in [0.05, 0.1) is 27.5 Å². The molecule has 0 radical (unpaired) electrons. The first kappa shape index (κ1) is 25.2. The molecule has 0 spiro atoms. The van der Waals surface area contributed by atoms with Crippen LogP contribution in [0.4, 0.5) is 5.95 Å². The summed E-state index contributed by atoms with van der Waals surface area (Å²) in [5, 5.41) is 16.1. The molecule has 0 bridgehead atoms. The number of amides is 1. The molecule has 1 saturated carbocycles. The highest BCUT2D eigenvalue weighted by atomic mass is 35.5. The number of halogens is 1. The second-order valence-electron chi connectivity index (χ2n) is 10.6. The van der Waals surface area contributed by atoms with Crippen LogP contribution in [-0.4, -0.2) is 54.2 Å². The van der Waals surface area contributed by atoms with Crippen LogP contribution in [-0.2, 0) is 0 Å². The number of nitrogens with zero attached hydrogens (tertiary/aromatic N) is 4. The molecule has 0 unspecified atom stereocenters. The number of hydrogen-bond donors (Lipinski definition) is 2. The van der Waals surface area contributed by atoms with Gasteiger partial charge in [-0.2, -0.15) is 5.26 Å². The lowest BCUT2D eigenvalue weighted by molar-refractivity contribution is -0.164. The van der Waals surface area contributed by atoms with Crippen molar-refractivity contribution in [1.82, 2.24) is 20.6 Å². The lowest BCUT2D eigenvalue weighted by Gasteiger charge is -2.63. The van der Waals surface area contributed by atoms with Crippen molar-refractivity contribution in [2.45, 2.75) is 53.7 Å². The van der Waals surface area contributed by atoms with E-state index >= 15 is 0 Å². The van der Waals surface area contributed by atoms with E-state index in [1.54, 1.807) is 18.2 Å². The average molecular weight is 497 g/mol. The highest BCUT2D eigenvalue weighted by Crippen LogP contribution is 2.55. The monoisotopic (exact) mass is 496 g/mol. The number of ether oxygens (including phenoxy) is 1. The van der Waals surface area contributed by atoms with E-state index in [0.717, 1.165) is 26.2 Å². The van der Waals surface area contributed by atoms with E-state index in [1.807, 2.05) is 13.8 Å². The fraction of sp³-hybridized carbons (Fsp3) is 0.538. The first-order valence-corrected chi connectivity index (χ1v) is 12.3. The van der Waals surface area contributed by atoms with Gasteiger partial charge in [-0.15, -0.1) is 0 Å². The summed E-state index contributed by atoms with van der Waals surface area (Å²) in [7, 11) is 0. The molecule has 186 valence electrons. The Kier molecular flexibility index (Phi) is 6.69. The summed E-state index contributed by atoms with van der Waals surface area (Å²) < 4.78 is 6.33. The van der Waals surface area contributed by atoms with Gasteiger partial charge in [0.2, 0.25) is 5.95 Å². The zero-order valence-corrected chi connectivity index (χ0v) is 22.0. The maximum absolute atomic E-state index is 13.4. The Balaban J connectivity index is 1.51. The first-order valence-electron chi connectivity index (χ1n) is 11.9. The van der Waals surface area contributed by atoms with Gasteiger partial charge in [-0.1, -0.05) is 39.3 Å². The molecule has 2 fully saturated rings. The number of aryl methyl sites for hydroxylation is 2. The van der Waals surface area contributed by atoms with Crippen molar-refractivity contribution in [3.8, 4) is 11.8 Å². The number of carbonyl (C=O) groups excluding carboxylic acids is 1. The zero-order valence-electron chi connectivity index (χ0n) is 21.2. The van der Waals surface area contributed by atoms with E-state index in [1.165, 1.54) is 0 Å². The third kappa shape index (κ3) is 4.55. The summed E-state index contributed by atoms with van der Waals surface area (Å²) in [6, 6.07) is 7.01. The number of benzene rings is 1. The molecule has 1 amide bonds. The van der Waals surface area contributed by atoms with Crippen molar-refractivity contribution in [1.29, 1.82) is 5.26 Å². The minimum absolute atomic E-state index is 0.131. The predicted octanol–water partition coefficient (Wildman–Crippen LogP) is 3.64. The number of nitriles is 1. The Morgan fingerprint density at radius 2 is 1.77 bits per heavy atom. The predicted molar refractivity (Wildman–Crippen MR) is 136 cm³/mol. The van der Waals surface area contributed by atoms with Gasteiger partial charge < -0.3 is 20.3 Å². The number of aromatic nitrogens is 2. The lowest BCUT2D eigenvalue weighted by Crippen LogP contribution is -2.74. The summed E-state index contributed by atoms with van der Waals surface area (Å²) in [6.45, 7) is 15.6. The molecule has 35 heavy (non-hydrogen) atoms. The van der Waals surface area contributed by atoms with Crippen LogP contribution < -0.4 is 20.3 Å². The number of nitrogens with one attached hydrogen (secondary N) is 2. The van der Waals surface area contributed by atoms with Crippen molar-refractivity contribution in [3.05, 3.63) is 45.7 Å². The number of carbonyl (C=O) groups is 1. The number of hydrogen-bond acceptors (Lipinski definition) is 7. The van der Waals surface area contributed by atoms with E-state index < -0.39 is 0 Å². The van der Waals surface area contributed by atoms with Crippen molar-refractivity contribution < 1.29 is 9.53 Å². The van der Waals surface area contributed by atoms with Gasteiger partial charge in [0.25, 0.3) is 5.91 Å². The van der Waals surface area contributed by atoms with Gasteiger partial charge in [0.15, 0.2) is 0 Å². The van der Waals surface area contributed by atoms with Crippen LogP contribution in [0.2, 0.25) is 5.02 Å². The molecule has 8 nitrogen and oxygen atoms in total. The third-order valence-electron chi connectivity index (χ3n) is 7.32. The first-order chi connectivity index (χ1) is 16.5. The van der Waals surface area contributed by atoms with Gasteiger partial charge in [0.1, 0.15) is 17.9 Å². The normalized spacial score (nSPS) is 22.6. The fourth-order valence-corrected chi connectivity index (χ4v) is 6.05.